The second kappa shape index (κ2) is 9.56. The molecule has 1 N–H and O–H groups in total. The lowest BCUT2D eigenvalue weighted by Gasteiger charge is -2.11. The quantitative estimate of drug-likeness (QED) is 0.338. The van der Waals surface area contributed by atoms with Crippen LogP contribution in [0.4, 0.5) is 5.69 Å². The number of aryl methyl sites for hydroxylation is 1. The van der Waals surface area contributed by atoms with Crippen LogP contribution in [0.3, 0.4) is 0 Å². The highest BCUT2D eigenvalue weighted by Crippen LogP contribution is 2.30. The van der Waals surface area contributed by atoms with Crippen LogP contribution in [0.15, 0.2) is 78.0 Å². The van der Waals surface area contributed by atoms with Crippen molar-refractivity contribution in [3.8, 4) is 17.1 Å². The molecule has 0 aliphatic carbocycles. The average molecular weight is 469 g/mol. The van der Waals surface area contributed by atoms with Crippen LogP contribution in [0, 0.1) is 6.92 Å². The number of thioether (sulfide) groups is 1. The molecule has 0 atom stereocenters. The van der Waals surface area contributed by atoms with Gasteiger partial charge in [-0.2, -0.15) is 0 Å². The maximum absolute atomic E-state index is 12.5. The van der Waals surface area contributed by atoms with Crippen LogP contribution in [0.25, 0.3) is 17.1 Å². The first kappa shape index (κ1) is 21.4. The summed E-state index contributed by atoms with van der Waals surface area (Å²) in [5.41, 5.74) is 3.45. The van der Waals surface area contributed by atoms with Gasteiger partial charge < -0.3 is 5.32 Å². The fourth-order valence-corrected chi connectivity index (χ4v) is 4.18. The Labute approximate surface area is 194 Å². The van der Waals surface area contributed by atoms with Crippen molar-refractivity contribution in [2.45, 2.75) is 12.1 Å². The topological polar surface area (TPSA) is 59.8 Å². The summed E-state index contributed by atoms with van der Waals surface area (Å²) >= 11 is 13.7. The van der Waals surface area contributed by atoms with Crippen molar-refractivity contribution in [1.82, 2.24) is 14.8 Å². The molecule has 8 heteroatoms. The molecule has 0 saturated heterocycles. The van der Waals surface area contributed by atoms with Crippen LogP contribution in [0.2, 0.25) is 10.0 Å². The molecule has 0 unspecified atom stereocenters. The summed E-state index contributed by atoms with van der Waals surface area (Å²) in [7, 11) is 0. The van der Waals surface area contributed by atoms with E-state index in [9.17, 15) is 4.79 Å². The molecule has 0 spiro atoms. The number of hydrogen-bond donors (Lipinski definition) is 1. The molecule has 3 aromatic carbocycles. The molecule has 1 amide bonds. The molecule has 156 valence electrons. The van der Waals surface area contributed by atoms with Crippen LogP contribution in [0.1, 0.15) is 5.56 Å². The van der Waals surface area contributed by atoms with Crippen LogP contribution < -0.4 is 5.32 Å². The van der Waals surface area contributed by atoms with Crippen molar-refractivity contribution >= 4 is 46.6 Å². The van der Waals surface area contributed by atoms with Gasteiger partial charge in [-0.15, -0.1) is 10.2 Å². The zero-order chi connectivity index (χ0) is 21.8. The Morgan fingerprint density at radius 3 is 2.58 bits per heavy atom. The molecule has 0 fully saturated rings. The largest absolute Gasteiger partial charge is 0.324 e. The van der Waals surface area contributed by atoms with E-state index >= 15 is 0 Å². The average Bonchev–Trinajstić information content (AvgIpc) is 3.18. The monoisotopic (exact) mass is 468 g/mol. The van der Waals surface area contributed by atoms with Crippen molar-refractivity contribution < 1.29 is 4.79 Å². The number of nitrogens with one attached hydrogen (secondary N) is 1. The second-order valence-corrected chi connectivity index (χ2v) is 8.59. The molecular weight excluding hydrogens is 451 g/mol. The Hall–Kier alpha value is -2.80. The summed E-state index contributed by atoms with van der Waals surface area (Å²) in [4.78, 5) is 12.5. The van der Waals surface area contributed by atoms with Gasteiger partial charge in [0.15, 0.2) is 11.0 Å². The van der Waals surface area contributed by atoms with Crippen LogP contribution in [0.5, 0.6) is 0 Å². The number of carbonyl (C=O) groups excluding carboxylic acids is 1. The maximum Gasteiger partial charge on any atom is 0.234 e. The summed E-state index contributed by atoms with van der Waals surface area (Å²) in [5, 5.41) is 13.3. The minimum Gasteiger partial charge on any atom is -0.324 e. The molecule has 1 aromatic heterocycles. The first-order valence-electron chi connectivity index (χ1n) is 9.47. The summed E-state index contributed by atoms with van der Waals surface area (Å²) in [6.07, 6.45) is 0. The van der Waals surface area contributed by atoms with E-state index in [1.165, 1.54) is 11.8 Å². The smallest absolute Gasteiger partial charge is 0.234 e. The minimum absolute atomic E-state index is 0.151. The number of benzene rings is 3. The Balaban J connectivity index is 1.63. The normalized spacial score (nSPS) is 10.8. The van der Waals surface area contributed by atoms with Crippen LogP contribution in [-0.4, -0.2) is 26.4 Å². The Morgan fingerprint density at radius 1 is 1.00 bits per heavy atom. The third-order valence-electron chi connectivity index (χ3n) is 4.46. The van der Waals surface area contributed by atoms with E-state index in [2.05, 4.69) is 15.5 Å². The third-order valence-corrected chi connectivity index (χ3v) is 5.95. The van der Waals surface area contributed by atoms with E-state index < -0.39 is 0 Å². The summed E-state index contributed by atoms with van der Waals surface area (Å²) in [6, 6.07) is 22.6. The first-order chi connectivity index (χ1) is 15.0. The Kier molecular flexibility index (Phi) is 6.61. The van der Waals surface area contributed by atoms with Crippen molar-refractivity contribution in [3.63, 3.8) is 0 Å². The lowest BCUT2D eigenvalue weighted by atomic mass is 10.1. The van der Waals surface area contributed by atoms with E-state index in [0.29, 0.717) is 26.7 Å². The number of nitrogens with zero attached hydrogens (tertiary/aromatic N) is 3. The number of rotatable bonds is 6. The van der Waals surface area contributed by atoms with Crippen LogP contribution in [-0.2, 0) is 4.79 Å². The molecule has 0 radical (unpaired) electrons. The predicted molar refractivity (Wildman–Crippen MR) is 127 cm³/mol. The SMILES string of the molecule is Cc1cccc(-c2nnc(SCC(=O)Nc3ccccc3Cl)n2-c2cccc(Cl)c2)c1. The zero-order valence-electron chi connectivity index (χ0n) is 16.5. The van der Waals surface area contributed by atoms with E-state index in [1.54, 1.807) is 12.1 Å². The van der Waals surface area contributed by atoms with Crippen LogP contribution >= 0.6 is 35.0 Å². The van der Waals surface area contributed by atoms with Gasteiger partial charge in [0.2, 0.25) is 5.91 Å². The van der Waals surface area contributed by atoms with E-state index in [1.807, 2.05) is 72.2 Å². The highest BCUT2D eigenvalue weighted by Gasteiger charge is 2.18. The molecule has 4 aromatic rings. The summed E-state index contributed by atoms with van der Waals surface area (Å²) < 4.78 is 1.91. The van der Waals surface area contributed by atoms with Gasteiger partial charge in [-0.05, 0) is 43.3 Å². The van der Waals surface area contributed by atoms with Crippen molar-refractivity contribution in [2.24, 2.45) is 0 Å². The molecule has 0 bridgehead atoms. The van der Waals surface area contributed by atoms with Gasteiger partial charge in [-0.3, -0.25) is 9.36 Å². The molecular formula is C23H18Cl2N4OS. The Morgan fingerprint density at radius 2 is 1.81 bits per heavy atom. The molecule has 0 aliphatic rings. The lowest BCUT2D eigenvalue weighted by Crippen LogP contribution is -2.14. The number of halogens is 2. The molecule has 1 heterocycles. The van der Waals surface area contributed by atoms with Gasteiger partial charge in [0, 0.05) is 10.6 Å². The van der Waals surface area contributed by atoms with Gasteiger partial charge in [-0.25, -0.2) is 0 Å². The number of para-hydroxylation sites is 1. The number of carbonyl (C=O) groups is 1. The predicted octanol–water partition coefficient (Wildman–Crippen LogP) is 6.28. The van der Waals surface area contributed by atoms with Gasteiger partial charge in [0.05, 0.1) is 22.2 Å². The fourth-order valence-electron chi connectivity index (χ4n) is 3.06. The standard InChI is InChI=1S/C23H18Cl2N4OS/c1-15-6-4-7-16(12-15)22-27-28-23(29(22)18-9-5-8-17(24)13-18)31-14-21(30)26-20-11-3-2-10-19(20)25/h2-13H,14H2,1H3,(H,26,30). The number of anilines is 1. The third kappa shape index (κ3) is 5.10. The van der Waals surface area contributed by atoms with E-state index in [-0.39, 0.29) is 11.7 Å². The molecule has 0 saturated carbocycles. The fraction of sp³-hybridized carbons (Fsp3) is 0.0870. The highest BCUT2D eigenvalue weighted by atomic mass is 35.5. The van der Waals surface area contributed by atoms with E-state index in [0.717, 1.165) is 16.8 Å². The maximum atomic E-state index is 12.5. The first-order valence-corrected chi connectivity index (χ1v) is 11.2. The number of aromatic nitrogens is 3. The molecule has 5 nitrogen and oxygen atoms in total. The Bertz CT molecular complexity index is 1240. The van der Waals surface area contributed by atoms with Gasteiger partial charge in [-0.1, -0.05) is 76.9 Å². The zero-order valence-corrected chi connectivity index (χ0v) is 18.9. The van der Waals surface area contributed by atoms with Gasteiger partial charge >= 0.3 is 0 Å². The summed E-state index contributed by atoms with van der Waals surface area (Å²) in [5.74, 6) is 0.647. The number of amides is 1. The minimum atomic E-state index is -0.184. The number of hydrogen-bond acceptors (Lipinski definition) is 4. The molecule has 0 aliphatic heterocycles. The van der Waals surface area contributed by atoms with Gasteiger partial charge in [0.25, 0.3) is 0 Å². The summed E-state index contributed by atoms with van der Waals surface area (Å²) in [6.45, 7) is 2.03. The highest BCUT2D eigenvalue weighted by molar-refractivity contribution is 7.99. The molecule has 31 heavy (non-hydrogen) atoms. The van der Waals surface area contributed by atoms with Crippen molar-refractivity contribution in [3.05, 3.63) is 88.4 Å². The van der Waals surface area contributed by atoms with Crippen molar-refractivity contribution in [1.29, 1.82) is 0 Å². The van der Waals surface area contributed by atoms with E-state index in [4.69, 9.17) is 23.2 Å². The molecule has 4 rings (SSSR count). The van der Waals surface area contributed by atoms with Gasteiger partial charge in [0.1, 0.15) is 0 Å². The van der Waals surface area contributed by atoms with Crippen molar-refractivity contribution in [2.75, 3.05) is 11.1 Å². The second-order valence-electron chi connectivity index (χ2n) is 6.81. The lowest BCUT2D eigenvalue weighted by molar-refractivity contribution is -0.113.